The van der Waals surface area contributed by atoms with Gasteiger partial charge < -0.3 is 74.3 Å². The van der Waals surface area contributed by atoms with Gasteiger partial charge in [0.2, 0.25) is 5.95 Å². The van der Waals surface area contributed by atoms with Crippen molar-refractivity contribution in [2.45, 2.75) is 19.3 Å². The summed E-state index contributed by atoms with van der Waals surface area (Å²) in [6.07, 6.45) is 3.71. The van der Waals surface area contributed by atoms with Crippen LogP contribution in [0.3, 0.4) is 0 Å². The van der Waals surface area contributed by atoms with E-state index in [9.17, 15) is 39.5 Å². The maximum absolute atomic E-state index is 12.3. The summed E-state index contributed by atoms with van der Waals surface area (Å²) in [7, 11) is 0. The Kier molecular flexibility index (Phi) is 138. The van der Waals surface area contributed by atoms with Crippen molar-refractivity contribution in [1.29, 1.82) is 0 Å². The van der Waals surface area contributed by atoms with E-state index in [1.807, 2.05) is 0 Å². The molecule has 0 N–H and O–H groups in total. The van der Waals surface area contributed by atoms with E-state index in [0.29, 0.717) is 105 Å². The first kappa shape index (κ1) is 163. The molecule has 10 aromatic rings. The van der Waals surface area contributed by atoms with Crippen molar-refractivity contribution in [3.8, 4) is 0 Å². The molecule has 0 aliphatic rings. The van der Waals surface area contributed by atoms with Gasteiger partial charge in [0.25, 0.3) is 0 Å². The molecule has 0 spiro atoms. The Bertz CT molecular complexity index is 3370. The number of nitrogens with zero attached hydrogens (tertiary/aromatic N) is 10. The monoisotopic (exact) mass is 2650 g/mol. The minimum absolute atomic E-state index is 0. The minimum Gasteiger partial charge on any atom is -0.358 e. The molecule has 10 nitrogen and oxygen atoms in total. The van der Waals surface area contributed by atoms with E-state index in [-0.39, 0.29) is 309 Å². The van der Waals surface area contributed by atoms with E-state index in [1.165, 1.54) is 61.2 Å². The normalized spacial score (nSPS) is 8.14. The van der Waals surface area contributed by atoms with Crippen molar-refractivity contribution in [3.63, 3.8) is 0 Å². The smallest absolute Gasteiger partial charge is 0.358 e. The van der Waals surface area contributed by atoms with Gasteiger partial charge in [0.05, 0.1) is 30.1 Å². The molecule has 10 rings (SSSR count). The van der Waals surface area contributed by atoms with E-state index in [0.717, 1.165) is 18.5 Å². The molecule has 0 aromatic carbocycles. The standard InChI is InChI=1S/2C6H3F4N.C6H6FN.3C5H2Cl3N.4C5H3Cl2N.10CH3.10Nb/c7-5-1-2-11-3-4(5)6(8,9)10;7-5-4(6(8,9)10)2-1-3-11-5;1-5-4-6(7)2-3-8-5;6-3-1-4(7)5(8)9-2-3;2*6-3-1-4(7)9-5(8)2-3;6-4-1-2-8-3-5(4)7;6-4-1-2-8-5(7)3-4;6-4-1-2-5(7)8-3-4;6-4-2-1-3-8-5(4)7;;;;;;;;;;;;;;;;;;;;/h2*1-3H;2-4H,1H3;3*1-2H;4*1-3H;10*1H3;;;;;;;;;;/q;;;;;;;;;;10*-1;;;;;;;;;;. The van der Waals surface area contributed by atoms with Crippen molar-refractivity contribution in [1.82, 2.24) is 49.8 Å². The number of hydrogen-bond acceptors (Lipinski definition) is 10. The molecule has 46 heteroatoms. The van der Waals surface area contributed by atoms with Gasteiger partial charge in [0, 0.05) is 307 Å². The molecule has 0 amide bonds. The average Bonchev–Trinajstić information content (AvgIpc) is 0.852. The molecule has 604 valence electrons. The van der Waals surface area contributed by atoms with Crippen molar-refractivity contribution >= 4 is 197 Å². The summed E-state index contributed by atoms with van der Waals surface area (Å²) in [6, 6.07) is 24.3. The predicted octanol–water partition coefficient (Wildman–Crippen LogP) is 29.2. The van der Waals surface area contributed by atoms with Crippen molar-refractivity contribution in [3.05, 3.63) is 360 Å². The molecule has 0 unspecified atom stereocenters. The van der Waals surface area contributed by atoms with Gasteiger partial charge in [-0.2, -0.15) is 30.7 Å². The number of pyridine rings is 10. The molecule has 0 saturated heterocycles. The quantitative estimate of drug-likeness (QED) is 0.0626. The molecule has 0 bridgehead atoms. The first-order chi connectivity index (χ1) is 41.6. The van der Waals surface area contributed by atoms with Crippen LogP contribution in [0.5, 0.6) is 0 Å². The molecule has 109 heavy (non-hydrogen) atoms. The fourth-order valence-corrected chi connectivity index (χ4v) is 7.54. The third-order valence-corrected chi connectivity index (χ3v) is 12.5. The van der Waals surface area contributed by atoms with Crippen molar-refractivity contribution < 1.29 is 263 Å². The zero-order chi connectivity index (χ0) is 67.4. The molecule has 0 atom stereocenters. The molecular weight excluding hydrogens is 2600 g/mol. The zero-order valence-corrected chi connectivity index (χ0v) is 92.7. The van der Waals surface area contributed by atoms with E-state index >= 15 is 0 Å². The van der Waals surface area contributed by atoms with Crippen LogP contribution < -0.4 is 0 Å². The van der Waals surface area contributed by atoms with E-state index in [1.54, 1.807) is 74.0 Å². The molecule has 0 saturated carbocycles. The molecule has 10 radical (unpaired) electrons. The van der Waals surface area contributed by atoms with Crippen LogP contribution in [0.25, 0.3) is 0 Å². The van der Waals surface area contributed by atoms with Crippen LogP contribution in [-0.2, 0) is 236 Å². The van der Waals surface area contributed by atoms with Crippen molar-refractivity contribution in [2.75, 3.05) is 0 Å². The predicted molar refractivity (Wildman–Crippen MR) is 406 cm³/mol. The maximum atomic E-state index is 12.3. The topological polar surface area (TPSA) is 129 Å². The summed E-state index contributed by atoms with van der Waals surface area (Å²) in [5.41, 5.74) is -1.95. The molecule has 0 aliphatic carbocycles. The summed E-state index contributed by atoms with van der Waals surface area (Å²) in [4.78, 5) is 35.7. The summed E-state index contributed by atoms with van der Waals surface area (Å²) in [5.74, 6) is -3.01. The number of rotatable bonds is 0. The third-order valence-electron chi connectivity index (χ3n) is 8.03. The van der Waals surface area contributed by atoms with Crippen LogP contribution in [0.4, 0.5) is 39.5 Å². The Hall–Kier alpha value is 3.20. The second-order valence-electron chi connectivity index (χ2n) is 14.8. The van der Waals surface area contributed by atoms with E-state index < -0.39 is 35.2 Å². The van der Waals surface area contributed by atoms with Crippen LogP contribution >= 0.6 is 197 Å². The van der Waals surface area contributed by atoms with Crippen LogP contribution in [0, 0.1) is 98.8 Å². The largest absolute Gasteiger partial charge is 0.420 e. The molecule has 10 heterocycles. The number of aromatic nitrogens is 10. The van der Waals surface area contributed by atoms with Gasteiger partial charge in [-0.05, 0) is 110 Å². The third kappa shape index (κ3) is 83.3. The van der Waals surface area contributed by atoms with Gasteiger partial charge in [0.1, 0.15) is 64.0 Å². The van der Waals surface area contributed by atoms with Crippen molar-refractivity contribution in [2.24, 2.45) is 0 Å². The van der Waals surface area contributed by atoms with Gasteiger partial charge in [-0.3, -0.25) is 15.0 Å². The number of halogens is 26. The first-order valence-electron chi connectivity index (χ1n) is 22.5. The molecule has 0 aliphatic heterocycles. The number of hydrogen-bond donors (Lipinski definition) is 0. The minimum atomic E-state index is -4.65. The van der Waals surface area contributed by atoms with E-state index in [4.69, 9.17) is 197 Å². The second kappa shape index (κ2) is 91.9. The number of alkyl halides is 6. The Morgan fingerprint density at radius 3 is 0.972 bits per heavy atom. The number of aryl methyl sites for hydroxylation is 1. The summed E-state index contributed by atoms with van der Waals surface area (Å²) < 4.78 is 107. The van der Waals surface area contributed by atoms with Gasteiger partial charge >= 0.3 is 12.4 Å². The summed E-state index contributed by atoms with van der Waals surface area (Å²) in [5, 5.41) is 7.40. The van der Waals surface area contributed by atoms with Crippen LogP contribution in [0.1, 0.15) is 16.8 Å². The Morgan fingerprint density at radius 2 is 0.697 bits per heavy atom. The fraction of sp³-hybridized carbons (Fsp3) is 0.0476. The molecular formula is C63H60Cl17F9N10Nb10-10. The Morgan fingerprint density at radius 1 is 0.284 bits per heavy atom. The summed E-state index contributed by atoms with van der Waals surface area (Å²) in [6.45, 7) is 1.75. The summed E-state index contributed by atoms with van der Waals surface area (Å²) >= 11 is 93.4. The Balaban J connectivity index is -0.0000000440. The maximum Gasteiger partial charge on any atom is 0.420 e. The van der Waals surface area contributed by atoms with Gasteiger partial charge in [-0.15, -0.1) is 0 Å². The van der Waals surface area contributed by atoms with Crippen LogP contribution in [0.15, 0.2) is 165 Å². The fourth-order valence-electron chi connectivity index (χ4n) is 4.43. The molecule has 0 fully saturated rings. The van der Waals surface area contributed by atoms with Crippen LogP contribution in [-0.4, -0.2) is 49.8 Å². The zero-order valence-electron chi connectivity index (χ0n) is 57.9. The van der Waals surface area contributed by atoms with E-state index in [2.05, 4.69) is 49.8 Å². The average molecular weight is 2660 g/mol. The second-order valence-corrected chi connectivity index (χ2v) is 21.6. The SMILES string of the molecule is Cc1cc(F)ccn1.Clc1cc(Cl)nc(Cl)c1.Clc1cc(Cl)nc(Cl)c1.Clc1ccc(Cl)nc1.Clc1cccnc1Cl.Clc1ccnc(Cl)c1.Clc1ccncc1Cl.Clc1cnc(Cl)c(Cl)c1.Fc1ccncc1C(F)(F)F.Fc1ncccc1C(F)(F)F.[CH3-].[CH3-].[CH3-].[CH3-].[CH3-].[CH3-].[CH3-].[CH3-].[CH3-].[CH3-].[Nb].[Nb].[Nb].[Nb].[Nb].[Nb].[Nb].[Nb].[Nb].[Nb]. The first-order valence-corrected chi connectivity index (χ1v) is 28.9. The molecule has 10 aromatic heterocycles. The van der Waals surface area contributed by atoms with Crippen LogP contribution in [0.2, 0.25) is 86.4 Å². The Labute approximate surface area is 876 Å². The van der Waals surface area contributed by atoms with Gasteiger partial charge in [-0.25, -0.2) is 43.7 Å². The van der Waals surface area contributed by atoms with Gasteiger partial charge in [-0.1, -0.05) is 197 Å². The van der Waals surface area contributed by atoms with Gasteiger partial charge in [0.15, 0.2) is 0 Å².